The molecule has 1 saturated heterocycles. The fourth-order valence-corrected chi connectivity index (χ4v) is 4.47. The first-order valence-corrected chi connectivity index (χ1v) is 11.2. The zero-order valence-corrected chi connectivity index (χ0v) is 19.4. The van der Waals surface area contributed by atoms with Gasteiger partial charge in [-0.2, -0.15) is 18.2 Å². The second-order valence-electron chi connectivity index (χ2n) is 8.33. The number of benzene rings is 1. The summed E-state index contributed by atoms with van der Waals surface area (Å²) in [6, 6.07) is 8.54. The molecule has 0 bridgehead atoms. The minimum Gasteiger partial charge on any atom is -0.402 e. The van der Waals surface area contributed by atoms with Gasteiger partial charge in [0.05, 0.1) is 11.6 Å². The number of hydrogen-bond acceptors (Lipinski definition) is 5. The number of nitrogens with zero attached hydrogens (tertiary/aromatic N) is 4. The molecule has 1 fully saturated rings. The third-order valence-corrected chi connectivity index (χ3v) is 6.21. The van der Waals surface area contributed by atoms with Crippen LogP contribution in [0.3, 0.4) is 0 Å². The summed E-state index contributed by atoms with van der Waals surface area (Å²) in [5.41, 5.74) is 7.59. The normalized spacial score (nSPS) is 17.7. The van der Waals surface area contributed by atoms with Gasteiger partial charge in [-0.25, -0.2) is 4.52 Å². The minimum atomic E-state index is -4.38. The summed E-state index contributed by atoms with van der Waals surface area (Å²) in [5, 5.41) is 7.86. The lowest BCUT2D eigenvalue weighted by molar-refractivity contribution is -0.137. The zero-order valence-electron chi connectivity index (χ0n) is 18.6. The van der Waals surface area contributed by atoms with Crippen LogP contribution >= 0.6 is 12.2 Å². The molecule has 1 aliphatic rings. The molecular formula is C24H25F3N6S. The Morgan fingerprint density at radius 1 is 1.29 bits per heavy atom. The number of anilines is 1. The van der Waals surface area contributed by atoms with E-state index in [4.69, 9.17) is 18.0 Å². The van der Waals surface area contributed by atoms with Crippen molar-refractivity contribution in [1.82, 2.24) is 19.5 Å². The summed E-state index contributed by atoms with van der Waals surface area (Å²) in [6.45, 7) is 7.36. The van der Waals surface area contributed by atoms with Gasteiger partial charge in [0.1, 0.15) is 4.99 Å². The molecule has 2 atom stereocenters. The quantitative estimate of drug-likeness (QED) is 0.294. The molecule has 0 spiro atoms. The molecule has 0 aliphatic carbocycles. The number of likely N-dealkylation sites (tertiary alicyclic amines) is 1. The Bertz CT molecular complexity index is 1230. The van der Waals surface area contributed by atoms with Gasteiger partial charge in [0.2, 0.25) is 5.95 Å². The Morgan fingerprint density at radius 3 is 2.68 bits per heavy atom. The number of pyridine rings is 1. The number of hydrogen-bond donors (Lipinski definition) is 2. The summed E-state index contributed by atoms with van der Waals surface area (Å²) in [7, 11) is 0. The molecule has 1 aromatic carbocycles. The van der Waals surface area contributed by atoms with E-state index in [0.717, 1.165) is 36.6 Å². The lowest BCUT2D eigenvalue weighted by Crippen LogP contribution is -2.32. The van der Waals surface area contributed by atoms with Gasteiger partial charge in [0.15, 0.2) is 5.65 Å². The first kappa shape index (κ1) is 23.7. The average Bonchev–Trinajstić information content (AvgIpc) is 3.43. The lowest BCUT2D eigenvalue weighted by atomic mass is 9.99. The van der Waals surface area contributed by atoms with Gasteiger partial charge in [-0.05, 0) is 49.2 Å². The van der Waals surface area contributed by atoms with Gasteiger partial charge in [-0.1, -0.05) is 30.4 Å². The van der Waals surface area contributed by atoms with E-state index in [1.54, 1.807) is 22.9 Å². The summed E-state index contributed by atoms with van der Waals surface area (Å²) >= 11 is 5.46. The van der Waals surface area contributed by atoms with E-state index in [9.17, 15) is 13.2 Å². The van der Waals surface area contributed by atoms with Crippen molar-refractivity contribution < 1.29 is 13.2 Å². The fourth-order valence-electron chi connectivity index (χ4n) is 4.12. The molecule has 2 unspecified atom stereocenters. The van der Waals surface area contributed by atoms with Crippen molar-refractivity contribution >= 4 is 28.8 Å². The second-order valence-corrected chi connectivity index (χ2v) is 8.75. The Balaban J connectivity index is 1.54. The minimum absolute atomic E-state index is 0.0808. The highest BCUT2D eigenvalue weighted by molar-refractivity contribution is 7.80. The van der Waals surface area contributed by atoms with Crippen molar-refractivity contribution in [2.45, 2.75) is 25.6 Å². The molecular weight excluding hydrogens is 461 g/mol. The maximum absolute atomic E-state index is 12.9. The number of alkyl halides is 3. The van der Waals surface area contributed by atoms with Crippen molar-refractivity contribution in [2.24, 2.45) is 11.7 Å². The SMILES string of the molecule is C=CC(Nc1nc2c(-c3ccc(C(F)(F)F)cc3)cccn2n1)C1CCN(C(=S)C=C(C)N)C1. The van der Waals surface area contributed by atoms with Crippen LogP contribution < -0.4 is 11.1 Å². The molecule has 6 nitrogen and oxygen atoms in total. The van der Waals surface area contributed by atoms with E-state index >= 15 is 0 Å². The first-order valence-electron chi connectivity index (χ1n) is 10.8. The van der Waals surface area contributed by atoms with Crippen LogP contribution in [-0.4, -0.2) is 43.6 Å². The van der Waals surface area contributed by atoms with Gasteiger partial charge in [0, 0.05) is 36.5 Å². The Hall–Kier alpha value is -3.40. The molecule has 34 heavy (non-hydrogen) atoms. The molecule has 3 N–H and O–H groups in total. The summed E-state index contributed by atoms with van der Waals surface area (Å²) in [5.74, 6) is 0.672. The Morgan fingerprint density at radius 2 is 2.03 bits per heavy atom. The van der Waals surface area contributed by atoms with Crippen LogP contribution in [0.15, 0.2) is 67.0 Å². The number of nitrogens with two attached hydrogens (primary N) is 1. The molecule has 1 aliphatic heterocycles. The van der Waals surface area contributed by atoms with Crippen molar-refractivity contribution in [3.8, 4) is 11.1 Å². The fraction of sp³-hybridized carbons (Fsp3) is 0.292. The molecule has 0 amide bonds. The molecule has 4 rings (SSSR count). The number of halogens is 3. The molecule has 2 aromatic heterocycles. The number of fused-ring (bicyclic) bond motifs is 1. The number of aromatic nitrogens is 3. The van der Waals surface area contributed by atoms with E-state index in [1.807, 2.05) is 19.1 Å². The van der Waals surface area contributed by atoms with Gasteiger partial charge >= 0.3 is 6.18 Å². The topological polar surface area (TPSA) is 71.5 Å². The molecule has 0 saturated carbocycles. The summed E-state index contributed by atoms with van der Waals surface area (Å²) in [4.78, 5) is 7.46. The van der Waals surface area contributed by atoms with Crippen LogP contribution in [0, 0.1) is 5.92 Å². The number of rotatable bonds is 6. The second kappa shape index (κ2) is 9.46. The Kier molecular flexibility index (Phi) is 6.60. The molecule has 3 aromatic rings. The van der Waals surface area contributed by atoms with Crippen LogP contribution in [-0.2, 0) is 6.18 Å². The van der Waals surface area contributed by atoms with Crippen molar-refractivity contribution in [1.29, 1.82) is 0 Å². The van der Waals surface area contributed by atoms with Crippen LogP contribution in [0.1, 0.15) is 18.9 Å². The van der Waals surface area contributed by atoms with E-state index in [-0.39, 0.29) is 12.0 Å². The van der Waals surface area contributed by atoms with Crippen LogP contribution in [0.4, 0.5) is 19.1 Å². The Labute approximate surface area is 201 Å². The molecule has 0 radical (unpaired) electrons. The van der Waals surface area contributed by atoms with Crippen LogP contribution in [0.5, 0.6) is 0 Å². The lowest BCUT2D eigenvalue weighted by Gasteiger charge is -2.22. The van der Waals surface area contributed by atoms with Crippen molar-refractivity contribution in [2.75, 3.05) is 18.4 Å². The van der Waals surface area contributed by atoms with Gasteiger partial charge < -0.3 is 16.0 Å². The van der Waals surface area contributed by atoms with Crippen molar-refractivity contribution in [3.05, 3.63) is 72.6 Å². The van der Waals surface area contributed by atoms with Crippen LogP contribution in [0.2, 0.25) is 0 Å². The van der Waals surface area contributed by atoms with E-state index < -0.39 is 11.7 Å². The van der Waals surface area contributed by atoms with Crippen molar-refractivity contribution in [3.63, 3.8) is 0 Å². The van der Waals surface area contributed by atoms with Gasteiger partial charge in [-0.3, -0.25) is 0 Å². The summed E-state index contributed by atoms with van der Waals surface area (Å²) in [6.07, 6.45) is 1.92. The molecule has 10 heteroatoms. The standard InChI is InChI=1S/C24H25F3N6S/c1-3-20(17-10-12-32(14-17)21(34)13-15(2)28)29-23-30-22-19(5-4-11-33(22)31-23)16-6-8-18(9-7-16)24(25,26)27/h3-9,11,13,17,20H,1,10,12,14,28H2,2H3,(H,29,31). The highest BCUT2D eigenvalue weighted by Crippen LogP contribution is 2.32. The summed E-state index contributed by atoms with van der Waals surface area (Å²) < 4.78 is 40.4. The third kappa shape index (κ3) is 5.06. The van der Waals surface area contributed by atoms with E-state index in [0.29, 0.717) is 28.4 Å². The van der Waals surface area contributed by atoms with Crippen LogP contribution in [0.25, 0.3) is 16.8 Å². The maximum Gasteiger partial charge on any atom is 0.416 e. The predicted octanol–water partition coefficient (Wildman–Crippen LogP) is 4.89. The highest BCUT2D eigenvalue weighted by atomic mass is 32.1. The zero-order chi connectivity index (χ0) is 24.5. The highest BCUT2D eigenvalue weighted by Gasteiger charge is 2.31. The monoisotopic (exact) mass is 486 g/mol. The van der Waals surface area contributed by atoms with E-state index in [2.05, 4.69) is 26.9 Å². The van der Waals surface area contributed by atoms with Gasteiger partial charge in [-0.15, -0.1) is 11.7 Å². The first-order chi connectivity index (χ1) is 16.2. The largest absolute Gasteiger partial charge is 0.416 e. The van der Waals surface area contributed by atoms with E-state index in [1.165, 1.54) is 12.1 Å². The third-order valence-electron chi connectivity index (χ3n) is 5.83. The molecule has 178 valence electrons. The van der Waals surface area contributed by atoms with Gasteiger partial charge in [0.25, 0.3) is 0 Å². The predicted molar refractivity (Wildman–Crippen MR) is 131 cm³/mol. The number of nitrogens with one attached hydrogen (secondary N) is 1. The number of thiocarbonyl (C=S) groups is 1. The average molecular weight is 487 g/mol. The number of allylic oxidation sites excluding steroid dienone is 1. The smallest absolute Gasteiger partial charge is 0.402 e. The maximum atomic E-state index is 12.9. The molecule has 3 heterocycles.